The number of carbonyl (C=O) groups excluding carboxylic acids is 5. The van der Waals surface area contributed by atoms with Gasteiger partial charge in [0.15, 0.2) is 34.7 Å². The third kappa shape index (κ3) is 3.41. The van der Waals surface area contributed by atoms with Crippen LogP contribution in [0.5, 0.6) is 5.75 Å². The van der Waals surface area contributed by atoms with Gasteiger partial charge in [-0.05, 0) is 50.9 Å². The van der Waals surface area contributed by atoms with E-state index in [1.807, 2.05) is 13.0 Å². The van der Waals surface area contributed by atoms with Gasteiger partial charge in [-0.15, -0.1) is 0 Å². The summed E-state index contributed by atoms with van der Waals surface area (Å²) in [6.45, 7) is 2.43. The van der Waals surface area contributed by atoms with Crippen LogP contribution in [0.2, 0.25) is 0 Å². The monoisotopic (exact) mass is 470 g/mol. The molecule has 34 heavy (non-hydrogen) atoms. The van der Waals surface area contributed by atoms with Crippen LogP contribution in [0, 0.1) is 23.7 Å². The zero-order valence-electron chi connectivity index (χ0n) is 19.6. The van der Waals surface area contributed by atoms with Gasteiger partial charge in [0.1, 0.15) is 5.75 Å². The highest BCUT2D eigenvalue weighted by molar-refractivity contribution is 6.32. The minimum Gasteiger partial charge on any atom is -0.493 e. The van der Waals surface area contributed by atoms with Crippen molar-refractivity contribution in [2.75, 3.05) is 20.7 Å². The smallest absolute Gasteiger partial charge is 0.235 e. The third-order valence-corrected chi connectivity index (χ3v) is 7.54. The lowest BCUT2D eigenvalue weighted by atomic mass is 9.52. The molecule has 182 valence electrons. The van der Waals surface area contributed by atoms with E-state index in [0.717, 1.165) is 18.4 Å². The predicted octanol–water partition coefficient (Wildman–Crippen LogP) is 0.340. The Labute approximate surface area is 197 Å². The van der Waals surface area contributed by atoms with E-state index in [2.05, 4.69) is 0 Å². The second-order valence-corrected chi connectivity index (χ2v) is 9.78. The summed E-state index contributed by atoms with van der Waals surface area (Å²) >= 11 is 0. The summed E-state index contributed by atoms with van der Waals surface area (Å²) in [7, 11) is 3.16. The molecule has 9 heteroatoms. The van der Waals surface area contributed by atoms with E-state index in [9.17, 15) is 29.1 Å². The zero-order valence-corrected chi connectivity index (χ0v) is 19.6. The van der Waals surface area contributed by atoms with Crippen LogP contribution < -0.4 is 10.5 Å². The summed E-state index contributed by atoms with van der Waals surface area (Å²) in [6.07, 6.45) is 2.18. The van der Waals surface area contributed by atoms with Gasteiger partial charge in [-0.1, -0.05) is 25.5 Å². The van der Waals surface area contributed by atoms with Crippen molar-refractivity contribution in [2.24, 2.45) is 29.4 Å². The molecule has 0 bridgehead atoms. The summed E-state index contributed by atoms with van der Waals surface area (Å²) in [4.78, 5) is 67.2. The van der Waals surface area contributed by atoms with Gasteiger partial charge < -0.3 is 15.6 Å². The maximum Gasteiger partial charge on any atom is 0.235 e. The maximum absolute atomic E-state index is 13.7. The van der Waals surface area contributed by atoms with E-state index in [1.54, 1.807) is 26.2 Å². The number of primary amides is 1. The minimum atomic E-state index is -2.64. The average Bonchev–Trinajstić information content (AvgIpc) is 2.76. The lowest BCUT2D eigenvalue weighted by molar-refractivity contribution is -0.181. The number of benzene rings is 1. The number of nitrogens with two attached hydrogens (primary N) is 1. The number of Topliss-reactive ketones (excluding diaryl/α,β-unsaturated/α-hetero) is 4. The van der Waals surface area contributed by atoms with Crippen molar-refractivity contribution in [3.05, 3.63) is 29.3 Å². The average molecular weight is 471 g/mol. The molecular weight excluding hydrogens is 440 g/mol. The fourth-order valence-corrected chi connectivity index (χ4v) is 5.98. The molecule has 6 atom stereocenters. The molecule has 3 aliphatic rings. The molecule has 1 aromatic carbocycles. The van der Waals surface area contributed by atoms with E-state index in [4.69, 9.17) is 10.5 Å². The van der Waals surface area contributed by atoms with Crippen LogP contribution in [-0.2, 0) is 25.6 Å². The van der Waals surface area contributed by atoms with Crippen molar-refractivity contribution in [3.63, 3.8) is 0 Å². The van der Waals surface area contributed by atoms with Crippen LogP contribution >= 0.6 is 0 Å². The number of rotatable bonds is 6. The van der Waals surface area contributed by atoms with Gasteiger partial charge in [0.25, 0.3) is 0 Å². The summed E-state index contributed by atoms with van der Waals surface area (Å²) in [5.41, 5.74) is 3.72. The molecule has 0 spiro atoms. The van der Waals surface area contributed by atoms with Gasteiger partial charge in [-0.3, -0.25) is 28.9 Å². The number of fused-ring (bicyclic) bond motifs is 3. The number of hydrogen-bond acceptors (Lipinski definition) is 8. The molecule has 0 aromatic heterocycles. The van der Waals surface area contributed by atoms with Crippen LogP contribution in [0.25, 0.3) is 0 Å². The number of aliphatic hydroxyl groups is 1. The first kappa shape index (κ1) is 24.2. The van der Waals surface area contributed by atoms with Gasteiger partial charge in [0.2, 0.25) is 5.91 Å². The van der Waals surface area contributed by atoms with Gasteiger partial charge in [0, 0.05) is 5.92 Å². The van der Waals surface area contributed by atoms with Crippen LogP contribution in [0.4, 0.5) is 0 Å². The molecule has 0 heterocycles. The number of likely N-dealkylation sites (N-methyl/N-ethyl adjacent to an activating group) is 1. The summed E-state index contributed by atoms with van der Waals surface area (Å²) < 4.78 is 5.82. The highest BCUT2D eigenvalue weighted by Gasteiger charge is 2.69. The molecule has 0 aliphatic heterocycles. The first-order valence-electron chi connectivity index (χ1n) is 11.6. The molecule has 0 saturated heterocycles. The van der Waals surface area contributed by atoms with Crippen LogP contribution in [0.1, 0.15) is 42.1 Å². The van der Waals surface area contributed by atoms with Crippen molar-refractivity contribution in [2.45, 2.75) is 44.2 Å². The summed E-state index contributed by atoms with van der Waals surface area (Å²) in [6, 6.07) is 4.21. The summed E-state index contributed by atoms with van der Waals surface area (Å²) in [5.74, 6) is -9.01. The van der Waals surface area contributed by atoms with Crippen molar-refractivity contribution >= 4 is 29.0 Å². The second-order valence-electron chi connectivity index (χ2n) is 9.78. The number of unbranched alkanes of at least 4 members (excludes halogenated alkanes) is 1. The van der Waals surface area contributed by atoms with Crippen LogP contribution in [0.15, 0.2) is 18.2 Å². The standard InChI is InChI=1S/C25H30N2O7/c1-4-5-9-34-15-8-6-7-12-10-13-11-14-19(27(2)3)21(29)18(24(26)32)23(31)25(14,33)22(30)17(13)20(28)16(12)15/h6-8,13-14,17-19,33H,4-5,9-11H2,1-3H3,(H2,26,32)/t13-,14-,17?,18?,19-,25-/m0/s1. The topological polar surface area (TPSA) is 144 Å². The number of nitrogens with zero attached hydrogens (tertiary/aromatic N) is 1. The molecule has 2 unspecified atom stereocenters. The predicted molar refractivity (Wildman–Crippen MR) is 120 cm³/mol. The molecule has 2 fully saturated rings. The zero-order chi connectivity index (χ0) is 24.9. The Bertz CT molecular complexity index is 1080. The molecule has 3 N–H and O–H groups in total. The molecule has 1 amide bonds. The number of hydrogen-bond donors (Lipinski definition) is 2. The first-order chi connectivity index (χ1) is 16.0. The highest BCUT2D eigenvalue weighted by Crippen LogP contribution is 2.50. The normalized spacial score (nSPS) is 32.8. The van der Waals surface area contributed by atoms with Crippen molar-refractivity contribution in [3.8, 4) is 5.75 Å². The van der Waals surface area contributed by atoms with Crippen molar-refractivity contribution in [1.82, 2.24) is 4.90 Å². The van der Waals surface area contributed by atoms with E-state index in [1.165, 1.54) is 4.90 Å². The lowest BCUT2D eigenvalue weighted by Crippen LogP contribution is -2.74. The van der Waals surface area contributed by atoms with Crippen LogP contribution in [0.3, 0.4) is 0 Å². The Hall–Kier alpha value is -2.91. The quantitative estimate of drug-likeness (QED) is 0.447. The molecule has 0 radical (unpaired) electrons. The number of amides is 1. The van der Waals surface area contributed by atoms with E-state index in [-0.39, 0.29) is 6.42 Å². The lowest BCUT2D eigenvalue weighted by Gasteiger charge is -2.52. The van der Waals surface area contributed by atoms with Gasteiger partial charge >= 0.3 is 0 Å². The molecule has 4 rings (SSSR count). The second kappa shape index (κ2) is 8.70. The van der Waals surface area contributed by atoms with Gasteiger partial charge in [-0.2, -0.15) is 0 Å². The largest absolute Gasteiger partial charge is 0.493 e. The molecule has 1 aromatic rings. The maximum atomic E-state index is 13.7. The molecular formula is C25H30N2O7. The van der Waals surface area contributed by atoms with Crippen molar-refractivity contribution < 1.29 is 33.8 Å². The Morgan fingerprint density at radius 2 is 1.91 bits per heavy atom. The highest BCUT2D eigenvalue weighted by atomic mass is 16.5. The fourth-order valence-electron chi connectivity index (χ4n) is 5.98. The fraction of sp³-hybridized carbons (Fsp3) is 0.560. The first-order valence-corrected chi connectivity index (χ1v) is 11.6. The number of carbonyl (C=O) groups is 5. The van der Waals surface area contributed by atoms with E-state index < -0.39 is 64.4 Å². The van der Waals surface area contributed by atoms with Crippen molar-refractivity contribution in [1.29, 1.82) is 0 Å². The van der Waals surface area contributed by atoms with E-state index in [0.29, 0.717) is 24.3 Å². The van der Waals surface area contributed by atoms with Crippen LogP contribution in [-0.4, -0.2) is 71.4 Å². The molecule has 3 aliphatic carbocycles. The molecule has 2 saturated carbocycles. The number of ketones is 4. The third-order valence-electron chi connectivity index (χ3n) is 7.54. The Morgan fingerprint density at radius 3 is 2.53 bits per heavy atom. The SMILES string of the molecule is CCCCOc1cccc2c1C(=O)C1C(=O)[C@]3(O)C(=O)C(C(N)=O)C(=O)[C@@H](N(C)C)[C@@H]3C[C@@H]1C2. The van der Waals surface area contributed by atoms with Gasteiger partial charge in [0.05, 0.1) is 24.1 Å². The number of ether oxygens (including phenoxy) is 1. The Morgan fingerprint density at radius 1 is 1.21 bits per heavy atom. The minimum absolute atomic E-state index is 0.102. The van der Waals surface area contributed by atoms with Gasteiger partial charge in [-0.25, -0.2) is 0 Å². The molecule has 9 nitrogen and oxygen atoms in total. The Kier molecular flexibility index (Phi) is 6.20. The Balaban J connectivity index is 1.79. The van der Waals surface area contributed by atoms with E-state index >= 15 is 0 Å². The summed E-state index contributed by atoms with van der Waals surface area (Å²) in [5, 5.41) is 11.6.